The van der Waals surface area contributed by atoms with Crippen molar-refractivity contribution >= 4 is 11.9 Å². The Labute approximate surface area is 112 Å². The molecule has 2 rings (SSSR count). The molecule has 0 bridgehead atoms. The summed E-state index contributed by atoms with van der Waals surface area (Å²) in [6.45, 7) is 0.102. The first-order chi connectivity index (χ1) is 9.27. The first-order valence-electron chi connectivity index (χ1n) is 5.95. The Bertz CT molecular complexity index is 536. The van der Waals surface area contributed by atoms with E-state index in [1.165, 1.54) is 12.1 Å². The van der Waals surface area contributed by atoms with Gasteiger partial charge in [0.2, 0.25) is 0 Å². The van der Waals surface area contributed by atoms with Crippen LogP contribution < -0.4 is 0 Å². The largest absolute Gasteiger partial charge is 0.478 e. The Hall–Kier alpha value is -2.05. The van der Waals surface area contributed by atoms with Crippen molar-refractivity contribution in [2.45, 2.75) is 12.6 Å². The summed E-state index contributed by atoms with van der Waals surface area (Å²) in [5.41, 5.74) is 0.888. The van der Waals surface area contributed by atoms with E-state index in [1.54, 1.807) is 12.1 Å². The SMILES string of the molecule is O=C(O)c1cccc(CC2CN(C(=O)C(F)(F)F)C2)c1. The minimum absolute atomic E-state index is 0.0512. The van der Waals surface area contributed by atoms with Gasteiger partial charge in [-0.3, -0.25) is 4.79 Å². The monoisotopic (exact) mass is 287 g/mol. The number of hydrogen-bond donors (Lipinski definition) is 1. The number of rotatable bonds is 3. The summed E-state index contributed by atoms with van der Waals surface area (Å²) in [6, 6.07) is 6.26. The molecule has 108 valence electrons. The average Bonchev–Trinajstić information content (AvgIpc) is 2.31. The number of carboxylic acid groups (broad SMARTS) is 1. The van der Waals surface area contributed by atoms with E-state index in [9.17, 15) is 22.8 Å². The summed E-state index contributed by atoms with van der Waals surface area (Å²) < 4.78 is 36.5. The molecule has 0 atom stereocenters. The van der Waals surface area contributed by atoms with Crippen molar-refractivity contribution in [2.24, 2.45) is 5.92 Å². The first kappa shape index (κ1) is 14.4. The van der Waals surface area contributed by atoms with Crippen molar-refractivity contribution in [3.8, 4) is 0 Å². The van der Waals surface area contributed by atoms with E-state index in [4.69, 9.17) is 5.11 Å². The summed E-state index contributed by atoms with van der Waals surface area (Å²) in [5.74, 6) is -2.92. The van der Waals surface area contributed by atoms with Crippen LogP contribution in [0.15, 0.2) is 24.3 Å². The molecule has 1 amide bonds. The molecule has 20 heavy (non-hydrogen) atoms. The zero-order chi connectivity index (χ0) is 14.9. The lowest BCUT2D eigenvalue weighted by atomic mass is 9.91. The minimum Gasteiger partial charge on any atom is -0.478 e. The fourth-order valence-corrected chi connectivity index (χ4v) is 2.21. The van der Waals surface area contributed by atoms with E-state index in [0.29, 0.717) is 6.42 Å². The van der Waals surface area contributed by atoms with E-state index in [-0.39, 0.29) is 24.6 Å². The number of nitrogens with zero attached hydrogens (tertiary/aromatic N) is 1. The van der Waals surface area contributed by atoms with Gasteiger partial charge in [0.15, 0.2) is 0 Å². The topological polar surface area (TPSA) is 57.6 Å². The molecule has 0 aliphatic carbocycles. The van der Waals surface area contributed by atoms with E-state index < -0.39 is 18.1 Å². The molecule has 0 aromatic heterocycles. The van der Waals surface area contributed by atoms with Crippen molar-refractivity contribution in [3.63, 3.8) is 0 Å². The fraction of sp³-hybridized carbons (Fsp3) is 0.385. The summed E-state index contributed by atoms with van der Waals surface area (Å²) in [4.78, 5) is 22.5. The van der Waals surface area contributed by atoms with E-state index in [0.717, 1.165) is 10.5 Å². The molecule has 1 heterocycles. The molecule has 4 nitrogen and oxygen atoms in total. The maximum Gasteiger partial charge on any atom is 0.471 e. The van der Waals surface area contributed by atoms with Crippen LogP contribution in [-0.4, -0.2) is 41.1 Å². The van der Waals surface area contributed by atoms with Gasteiger partial charge in [0, 0.05) is 13.1 Å². The van der Waals surface area contributed by atoms with Gasteiger partial charge in [-0.1, -0.05) is 12.1 Å². The zero-order valence-electron chi connectivity index (χ0n) is 10.4. The molecular weight excluding hydrogens is 275 g/mol. The van der Waals surface area contributed by atoms with Crippen LogP contribution in [0.3, 0.4) is 0 Å². The second kappa shape index (κ2) is 5.15. The molecule has 0 unspecified atom stereocenters. The van der Waals surface area contributed by atoms with E-state index in [1.807, 2.05) is 0 Å². The molecule has 1 N–H and O–H groups in total. The van der Waals surface area contributed by atoms with Crippen LogP contribution in [0, 0.1) is 5.92 Å². The lowest BCUT2D eigenvalue weighted by Gasteiger charge is -2.39. The highest BCUT2D eigenvalue weighted by Crippen LogP contribution is 2.26. The van der Waals surface area contributed by atoms with Gasteiger partial charge in [0.1, 0.15) is 0 Å². The summed E-state index contributed by atoms with van der Waals surface area (Å²) >= 11 is 0. The Morgan fingerprint density at radius 2 is 1.95 bits per heavy atom. The number of alkyl halides is 3. The summed E-state index contributed by atoms with van der Waals surface area (Å²) in [5, 5.41) is 8.84. The third kappa shape index (κ3) is 3.09. The van der Waals surface area contributed by atoms with Crippen LogP contribution in [0.4, 0.5) is 13.2 Å². The number of carbonyl (C=O) groups excluding carboxylic acids is 1. The first-order valence-corrected chi connectivity index (χ1v) is 5.95. The number of aromatic carboxylic acids is 1. The second-order valence-electron chi connectivity index (χ2n) is 4.78. The maximum atomic E-state index is 12.2. The van der Waals surface area contributed by atoms with Crippen molar-refractivity contribution in [3.05, 3.63) is 35.4 Å². The minimum atomic E-state index is -4.83. The molecule has 1 aliphatic rings. The van der Waals surface area contributed by atoms with Crippen LogP contribution in [0.25, 0.3) is 0 Å². The lowest BCUT2D eigenvalue weighted by Crippen LogP contribution is -2.54. The van der Waals surface area contributed by atoms with Gasteiger partial charge in [0.05, 0.1) is 5.56 Å². The number of carboxylic acids is 1. The van der Waals surface area contributed by atoms with Gasteiger partial charge in [-0.05, 0) is 30.0 Å². The number of likely N-dealkylation sites (tertiary alicyclic amines) is 1. The van der Waals surface area contributed by atoms with Crippen LogP contribution in [0.5, 0.6) is 0 Å². The fourth-order valence-electron chi connectivity index (χ4n) is 2.21. The molecule has 7 heteroatoms. The Morgan fingerprint density at radius 1 is 1.30 bits per heavy atom. The maximum absolute atomic E-state index is 12.2. The molecule has 1 saturated heterocycles. The van der Waals surface area contributed by atoms with Crippen molar-refractivity contribution in [1.29, 1.82) is 0 Å². The third-order valence-corrected chi connectivity index (χ3v) is 3.19. The Kier molecular flexibility index (Phi) is 3.69. The summed E-state index contributed by atoms with van der Waals surface area (Å²) in [6.07, 6.45) is -4.36. The van der Waals surface area contributed by atoms with Crippen molar-refractivity contribution in [1.82, 2.24) is 4.90 Å². The number of carbonyl (C=O) groups is 2. The van der Waals surface area contributed by atoms with E-state index >= 15 is 0 Å². The standard InChI is InChI=1S/C13H12F3NO3/c14-13(15,16)12(20)17-6-9(7-17)4-8-2-1-3-10(5-8)11(18)19/h1-3,5,9H,4,6-7H2,(H,18,19). The van der Waals surface area contributed by atoms with Crippen LogP contribution in [0.2, 0.25) is 0 Å². The number of halogens is 3. The Balaban J connectivity index is 1.90. The molecule has 1 aliphatic heterocycles. The highest BCUT2D eigenvalue weighted by Gasteiger charge is 2.46. The zero-order valence-corrected chi connectivity index (χ0v) is 10.4. The third-order valence-electron chi connectivity index (χ3n) is 3.19. The van der Waals surface area contributed by atoms with Crippen molar-refractivity contribution < 1.29 is 27.9 Å². The van der Waals surface area contributed by atoms with Crippen LogP contribution in [-0.2, 0) is 11.2 Å². The second-order valence-corrected chi connectivity index (χ2v) is 4.78. The molecule has 1 aromatic carbocycles. The highest BCUT2D eigenvalue weighted by molar-refractivity contribution is 5.87. The van der Waals surface area contributed by atoms with Gasteiger partial charge in [-0.25, -0.2) is 4.79 Å². The van der Waals surface area contributed by atoms with Gasteiger partial charge >= 0.3 is 18.1 Å². The predicted molar refractivity (Wildman–Crippen MR) is 63.2 cm³/mol. The molecule has 1 aromatic rings. The highest BCUT2D eigenvalue weighted by atomic mass is 19.4. The van der Waals surface area contributed by atoms with Crippen molar-refractivity contribution in [2.75, 3.05) is 13.1 Å². The predicted octanol–water partition coefficient (Wildman–Crippen LogP) is 1.95. The van der Waals surface area contributed by atoms with Crippen LogP contribution in [0.1, 0.15) is 15.9 Å². The number of hydrogen-bond acceptors (Lipinski definition) is 2. The lowest BCUT2D eigenvalue weighted by molar-refractivity contribution is -0.191. The molecule has 0 saturated carbocycles. The van der Waals surface area contributed by atoms with E-state index in [2.05, 4.69) is 0 Å². The smallest absolute Gasteiger partial charge is 0.471 e. The quantitative estimate of drug-likeness (QED) is 0.924. The van der Waals surface area contributed by atoms with Crippen LogP contribution >= 0.6 is 0 Å². The molecule has 0 radical (unpaired) electrons. The molecular formula is C13H12F3NO3. The summed E-state index contributed by atoms with van der Waals surface area (Å²) in [7, 11) is 0. The normalized spacial score (nSPS) is 15.8. The molecule has 0 spiro atoms. The molecule has 1 fully saturated rings. The Morgan fingerprint density at radius 3 is 2.50 bits per heavy atom. The number of amides is 1. The number of benzene rings is 1. The average molecular weight is 287 g/mol. The van der Waals surface area contributed by atoms with Gasteiger partial charge < -0.3 is 10.0 Å². The van der Waals surface area contributed by atoms with Gasteiger partial charge in [0.25, 0.3) is 0 Å². The van der Waals surface area contributed by atoms with Gasteiger partial charge in [-0.2, -0.15) is 13.2 Å². The van der Waals surface area contributed by atoms with Gasteiger partial charge in [-0.15, -0.1) is 0 Å².